The van der Waals surface area contributed by atoms with E-state index in [1.54, 1.807) is 20.8 Å². The molecule has 1 aliphatic heterocycles. The van der Waals surface area contributed by atoms with Crippen molar-refractivity contribution in [3.8, 4) is 0 Å². The molecule has 0 aromatic carbocycles. The number of Topliss-reactive ketones (excluding diaryl/α,β-unsaturated/α-hetero) is 1. The van der Waals surface area contributed by atoms with E-state index in [4.69, 9.17) is 9.47 Å². The molecule has 0 aromatic rings. The first-order valence-electron chi connectivity index (χ1n) is 12.0. The van der Waals surface area contributed by atoms with Gasteiger partial charge in [0.15, 0.2) is 5.78 Å². The Balaban J connectivity index is 2.20. The Morgan fingerprint density at radius 1 is 1.21 bits per heavy atom. The van der Waals surface area contributed by atoms with Gasteiger partial charge >= 0.3 is 11.9 Å². The van der Waals surface area contributed by atoms with Crippen LogP contribution in [0.2, 0.25) is 0 Å². The highest BCUT2D eigenvalue weighted by molar-refractivity contribution is 6.09. The molecule has 186 valence electrons. The van der Waals surface area contributed by atoms with Gasteiger partial charge < -0.3 is 19.7 Å². The van der Waals surface area contributed by atoms with E-state index >= 15 is 0 Å². The third-order valence-electron chi connectivity index (χ3n) is 9.52. The number of aliphatic hydroxyl groups is 1. The highest BCUT2D eigenvalue weighted by Gasteiger charge is 2.70. The molecule has 33 heavy (non-hydrogen) atoms. The molecule has 3 aliphatic rings. The molecule has 0 amide bonds. The number of carboxylic acids is 1. The Kier molecular flexibility index (Phi) is 6.32. The number of hydrogen-bond donors (Lipinski definition) is 2. The van der Waals surface area contributed by atoms with Crippen LogP contribution in [0.4, 0.5) is 0 Å². The molecule has 1 spiro atoms. The zero-order valence-electron chi connectivity index (χ0n) is 21.3. The lowest BCUT2D eigenvalue weighted by atomic mass is 9.47. The number of carbonyl (C=O) groups is 3. The molecule has 7 nitrogen and oxygen atoms in total. The maximum Gasteiger partial charge on any atom is 0.316 e. The normalized spacial score (nSPS) is 41.1. The van der Waals surface area contributed by atoms with Crippen molar-refractivity contribution in [1.82, 2.24) is 0 Å². The molecule has 2 fully saturated rings. The number of aliphatic carboxylic acids is 1. The van der Waals surface area contributed by atoms with Crippen LogP contribution < -0.4 is 0 Å². The summed E-state index contributed by atoms with van der Waals surface area (Å²) in [6, 6.07) is 0. The van der Waals surface area contributed by atoms with Crippen LogP contribution in [0.15, 0.2) is 11.3 Å². The zero-order chi connectivity index (χ0) is 25.1. The average molecular weight is 465 g/mol. The molecule has 3 rings (SSSR count). The third-order valence-corrected chi connectivity index (χ3v) is 9.52. The van der Waals surface area contributed by atoms with Gasteiger partial charge in [-0.05, 0) is 57.8 Å². The number of ether oxygens (including phenoxy) is 2. The highest BCUT2D eigenvalue weighted by atomic mass is 16.5. The monoisotopic (exact) mass is 464 g/mol. The van der Waals surface area contributed by atoms with E-state index in [-0.39, 0.29) is 30.0 Å². The van der Waals surface area contributed by atoms with Gasteiger partial charge in [0, 0.05) is 29.2 Å². The van der Waals surface area contributed by atoms with E-state index in [1.165, 1.54) is 7.11 Å². The van der Waals surface area contributed by atoms with Crippen LogP contribution in [0.1, 0.15) is 80.6 Å². The van der Waals surface area contributed by atoms with Crippen LogP contribution in [-0.4, -0.2) is 46.2 Å². The fraction of sp³-hybridized carbons (Fsp3) is 0.808. The summed E-state index contributed by atoms with van der Waals surface area (Å²) >= 11 is 0. The largest absolute Gasteiger partial charge is 0.490 e. The number of carbonyl (C=O) groups excluding carboxylic acids is 2. The van der Waals surface area contributed by atoms with Gasteiger partial charge in [-0.25, -0.2) is 0 Å². The first kappa shape index (κ1) is 25.7. The molecular formula is C26H40O7. The summed E-state index contributed by atoms with van der Waals surface area (Å²) in [4.78, 5) is 37.4. The lowest BCUT2D eigenvalue weighted by Crippen LogP contribution is -2.62. The Bertz CT molecular complexity index is 884. The summed E-state index contributed by atoms with van der Waals surface area (Å²) < 4.78 is 11.9. The lowest BCUT2D eigenvalue weighted by Gasteiger charge is -2.59. The standard InChI is InChI=1S/C26H40O7/c1-14-9-10-17(23(4,5)31)25(7,12-11-18(27)28)26(14)13-24(6)16(3)19(22(30)32-8)20(29)15(2)21(24)33-26/h14,16-17,19,31H,9-13H2,1-8H3,(H,27,28)/t14-,16-,17-,19-,24+,25-,26-/m0/s1. The van der Waals surface area contributed by atoms with Gasteiger partial charge in [0.25, 0.3) is 0 Å². The van der Waals surface area contributed by atoms with E-state index in [1.807, 2.05) is 13.8 Å². The molecule has 2 aliphatic carbocycles. The molecule has 0 radical (unpaired) electrons. The van der Waals surface area contributed by atoms with Crippen molar-refractivity contribution in [3.63, 3.8) is 0 Å². The first-order chi connectivity index (χ1) is 15.1. The number of allylic oxidation sites excluding steroid dienone is 2. The van der Waals surface area contributed by atoms with E-state index in [9.17, 15) is 24.6 Å². The van der Waals surface area contributed by atoms with Crippen molar-refractivity contribution in [2.45, 2.75) is 91.8 Å². The van der Waals surface area contributed by atoms with Gasteiger partial charge in [-0.15, -0.1) is 0 Å². The van der Waals surface area contributed by atoms with Crippen molar-refractivity contribution < 1.29 is 34.1 Å². The summed E-state index contributed by atoms with van der Waals surface area (Å²) in [6.45, 7) is 13.4. The topological polar surface area (TPSA) is 110 Å². The molecule has 2 N–H and O–H groups in total. The minimum absolute atomic E-state index is 0.0328. The fourth-order valence-electron chi connectivity index (χ4n) is 7.52. The smallest absolute Gasteiger partial charge is 0.316 e. The first-order valence-corrected chi connectivity index (χ1v) is 12.0. The summed E-state index contributed by atoms with van der Waals surface area (Å²) in [7, 11) is 1.30. The van der Waals surface area contributed by atoms with Gasteiger partial charge in [0.2, 0.25) is 0 Å². The predicted octanol–water partition coefficient (Wildman–Crippen LogP) is 4.12. The van der Waals surface area contributed by atoms with Crippen molar-refractivity contribution in [2.24, 2.45) is 34.5 Å². The molecular weight excluding hydrogens is 424 g/mol. The fourth-order valence-corrected chi connectivity index (χ4v) is 7.52. The zero-order valence-corrected chi connectivity index (χ0v) is 21.3. The Labute approximate surface area is 196 Å². The highest BCUT2D eigenvalue weighted by Crippen LogP contribution is 2.69. The maximum absolute atomic E-state index is 13.2. The van der Waals surface area contributed by atoms with Crippen molar-refractivity contribution in [1.29, 1.82) is 0 Å². The van der Waals surface area contributed by atoms with Gasteiger partial charge in [0.1, 0.15) is 17.3 Å². The van der Waals surface area contributed by atoms with Crippen LogP contribution in [0.25, 0.3) is 0 Å². The third kappa shape index (κ3) is 3.62. The van der Waals surface area contributed by atoms with Crippen LogP contribution in [0.5, 0.6) is 0 Å². The van der Waals surface area contributed by atoms with Crippen molar-refractivity contribution >= 4 is 17.7 Å². The Hall–Kier alpha value is -1.89. The van der Waals surface area contributed by atoms with Gasteiger partial charge in [-0.1, -0.05) is 27.7 Å². The summed E-state index contributed by atoms with van der Waals surface area (Å²) in [5.41, 5.74) is -2.59. The van der Waals surface area contributed by atoms with Gasteiger partial charge in [-0.2, -0.15) is 0 Å². The minimum atomic E-state index is -1.03. The summed E-state index contributed by atoms with van der Waals surface area (Å²) in [5.74, 6) is -2.41. The van der Waals surface area contributed by atoms with Crippen LogP contribution in [-0.2, 0) is 23.9 Å². The summed E-state index contributed by atoms with van der Waals surface area (Å²) in [6.07, 6.45) is 2.46. The van der Waals surface area contributed by atoms with E-state index in [0.717, 1.165) is 12.8 Å². The lowest BCUT2D eigenvalue weighted by molar-refractivity contribution is -0.205. The summed E-state index contributed by atoms with van der Waals surface area (Å²) in [5, 5.41) is 20.7. The number of esters is 1. The van der Waals surface area contributed by atoms with Gasteiger partial charge in [-0.3, -0.25) is 14.4 Å². The molecule has 1 saturated carbocycles. The van der Waals surface area contributed by atoms with Gasteiger partial charge in [0.05, 0.1) is 12.7 Å². The second-order valence-corrected chi connectivity index (χ2v) is 11.7. The molecule has 0 unspecified atom stereocenters. The quantitative estimate of drug-likeness (QED) is 0.465. The number of rotatable bonds is 5. The second kappa shape index (κ2) is 8.10. The Morgan fingerprint density at radius 2 is 1.82 bits per heavy atom. The van der Waals surface area contributed by atoms with Crippen molar-refractivity contribution in [3.05, 3.63) is 11.3 Å². The van der Waals surface area contributed by atoms with Crippen LogP contribution in [0, 0.1) is 34.5 Å². The van der Waals surface area contributed by atoms with Crippen LogP contribution >= 0.6 is 0 Å². The predicted molar refractivity (Wildman–Crippen MR) is 122 cm³/mol. The molecule has 0 aromatic heterocycles. The van der Waals surface area contributed by atoms with Crippen LogP contribution in [0.3, 0.4) is 0 Å². The van der Waals surface area contributed by atoms with E-state index in [0.29, 0.717) is 24.2 Å². The number of hydrogen-bond acceptors (Lipinski definition) is 6. The molecule has 1 heterocycles. The number of methoxy groups -OCH3 is 1. The molecule has 7 atom stereocenters. The average Bonchev–Trinajstić information content (AvgIpc) is 3.05. The maximum atomic E-state index is 13.2. The minimum Gasteiger partial charge on any atom is -0.490 e. The molecule has 0 bridgehead atoms. The number of ketones is 1. The van der Waals surface area contributed by atoms with E-state index < -0.39 is 39.9 Å². The van der Waals surface area contributed by atoms with E-state index in [2.05, 4.69) is 13.8 Å². The Morgan fingerprint density at radius 3 is 2.33 bits per heavy atom. The number of fused-ring (bicyclic) bond motifs is 1. The SMILES string of the molecule is COC(=O)[C@@H]1C(=O)C(C)=C2O[C@@]3(C[C@]2(C)[C@H]1C)[C@@H](C)CC[C@@H](C(C)(C)O)[C@]3(C)CCC(=O)O. The second-order valence-electron chi connectivity index (χ2n) is 11.7. The van der Waals surface area contributed by atoms with Crippen molar-refractivity contribution in [2.75, 3.05) is 7.11 Å². The number of carboxylic acid groups (broad SMARTS) is 1. The molecule has 7 heteroatoms. The molecule has 1 saturated heterocycles.